The SMILES string of the molecule is COc1ccc2cc3[n+](cc2c1OCc1ccc2ccccc2c1)CCc1cc2c(cc1-3)OCO2. The van der Waals surface area contributed by atoms with Gasteiger partial charge in [-0.15, -0.1) is 0 Å². The molecule has 35 heavy (non-hydrogen) atoms. The van der Waals surface area contributed by atoms with Gasteiger partial charge in [-0.25, -0.2) is 0 Å². The molecule has 0 atom stereocenters. The maximum Gasteiger partial charge on any atom is 0.231 e. The Kier molecular flexibility index (Phi) is 4.56. The van der Waals surface area contributed by atoms with Crippen LogP contribution in [0.2, 0.25) is 0 Å². The first-order valence-electron chi connectivity index (χ1n) is 11.8. The van der Waals surface area contributed by atoms with Gasteiger partial charge in [0.05, 0.1) is 18.1 Å². The van der Waals surface area contributed by atoms with Crippen LogP contribution < -0.4 is 23.5 Å². The van der Waals surface area contributed by atoms with E-state index in [2.05, 4.69) is 77.5 Å². The molecule has 0 saturated carbocycles. The lowest BCUT2D eigenvalue weighted by Gasteiger charge is -2.18. The molecule has 0 fully saturated rings. The van der Waals surface area contributed by atoms with Gasteiger partial charge >= 0.3 is 0 Å². The Labute approximate surface area is 203 Å². The number of rotatable bonds is 4. The molecule has 5 heteroatoms. The number of pyridine rings is 1. The van der Waals surface area contributed by atoms with Crippen LogP contribution in [0.1, 0.15) is 11.1 Å². The average molecular weight is 463 g/mol. The molecule has 0 spiro atoms. The number of methoxy groups -OCH3 is 1. The summed E-state index contributed by atoms with van der Waals surface area (Å²) in [5.41, 5.74) is 4.77. The second kappa shape index (κ2) is 7.91. The zero-order valence-corrected chi connectivity index (χ0v) is 19.4. The summed E-state index contributed by atoms with van der Waals surface area (Å²) in [7, 11) is 1.69. The lowest BCUT2D eigenvalue weighted by molar-refractivity contribution is -0.686. The number of aryl methyl sites for hydroxylation is 2. The normalized spacial score (nSPS) is 13.5. The molecule has 5 aromatic rings. The van der Waals surface area contributed by atoms with Crippen molar-refractivity contribution >= 4 is 21.5 Å². The van der Waals surface area contributed by atoms with Crippen molar-refractivity contribution < 1.29 is 23.5 Å². The smallest absolute Gasteiger partial charge is 0.231 e. The predicted molar refractivity (Wildman–Crippen MR) is 134 cm³/mol. The Balaban J connectivity index is 1.29. The molecule has 0 amide bonds. The molecule has 0 radical (unpaired) electrons. The lowest BCUT2D eigenvalue weighted by Crippen LogP contribution is -2.40. The standard InChI is InChI=1S/C30H24NO4/c1-32-27-9-8-22-13-26-24-15-29-28(34-18-35-29)14-23(24)10-11-31(26)16-25(22)30(27)33-17-19-6-7-20-4-2-3-5-21(20)12-19/h2-9,12-16H,10-11,17-18H2,1H3/q+1. The van der Waals surface area contributed by atoms with Gasteiger partial charge in [0.25, 0.3) is 0 Å². The Bertz CT molecular complexity index is 1620. The zero-order valence-electron chi connectivity index (χ0n) is 19.4. The fourth-order valence-electron chi connectivity index (χ4n) is 5.19. The van der Waals surface area contributed by atoms with Crippen LogP contribution in [0.15, 0.2) is 79.0 Å². The number of hydrogen-bond donors (Lipinski definition) is 0. The molecule has 4 aromatic carbocycles. The highest BCUT2D eigenvalue weighted by Gasteiger charge is 2.28. The first kappa shape index (κ1) is 20.2. The summed E-state index contributed by atoms with van der Waals surface area (Å²) < 4.78 is 25.7. The van der Waals surface area contributed by atoms with Crippen molar-refractivity contribution in [3.8, 4) is 34.3 Å². The Morgan fingerprint density at radius 1 is 0.857 bits per heavy atom. The van der Waals surface area contributed by atoms with Gasteiger partial charge in [0.1, 0.15) is 6.61 Å². The summed E-state index contributed by atoms with van der Waals surface area (Å²) in [5.74, 6) is 3.15. The molecular weight excluding hydrogens is 438 g/mol. The molecule has 3 heterocycles. The van der Waals surface area contributed by atoms with Gasteiger partial charge in [-0.3, -0.25) is 0 Å². The first-order valence-corrected chi connectivity index (χ1v) is 11.8. The molecule has 5 nitrogen and oxygen atoms in total. The Hall–Kier alpha value is -4.25. The van der Waals surface area contributed by atoms with Crippen LogP contribution in [0.25, 0.3) is 32.8 Å². The van der Waals surface area contributed by atoms with Gasteiger partial charge in [-0.05, 0) is 57.6 Å². The van der Waals surface area contributed by atoms with Crippen molar-refractivity contribution in [1.29, 1.82) is 0 Å². The van der Waals surface area contributed by atoms with E-state index in [0.29, 0.717) is 6.61 Å². The highest BCUT2D eigenvalue weighted by Crippen LogP contribution is 2.41. The molecule has 1 aromatic heterocycles. The molecule has 0 saturated heterocycles. The molecule has 0 bridgehead atoms. The highest BCUT2D eigenvalue weighted by molar-refractivity contribution is 5.92. The highest BCUT2D eigenvalue weighted by atomic mass is 16.7. The van der Waals surface area contributed by atoms with E-state index in [1.807, 2.05) is 6.07 Å². The molecule has 172 valence electrons. The summed E-state index contributed by atoms with van der Waals surface area (Å²) in [6.45, 7) is 1.64. The summed E-state index contributed by atoms with van der Waals surface area (Å²) in [6, 6.07) is 25.4. The minimum Gasteiger partial charge on any atom is -0.493 e. The van der Waals surface area contributed by atoms with Gasteiger partial charge in [-0.2, -0.15) is 4.57 Å². The monoisotopic (exact) mass is 462 g/mol. The van der Waals surface area contributed by atoms with Crippen LogP contribution in [0.4, 0.5) is 0 Å². The largest absolute Gasteiger partial charge is 0.493 e. The quantitative estimate of drug-likeness (QED) is 0.316. The number of aromatic nitrogens is 1. The molecule has 2 aliphatic heterocycles. The van der Waals surface area contributed by atoms with Crippen LogP contribution in [0.5, 0.6) is 23.0 Å². The second-order valence-electron chi connectivity index (χ2n) is 9.03. The van der Waals surface area contributed by atoms with Crippen molar-refractivity contribution in [2.75, 3.05) is 13.9 Å². The average Bonchev–Trinajstić information content (AvgIpc) is 3.36. The topological polar surface area (TPSA) is 40.8 Å². The number of ether oxygens (including phenoxy) is 4. The van der Waals surface area contributed by atoms with E-state index in [9.17, 15) is 0 Å². The van der Waals surface area contributed by atoms with Crippen LogP contribution in [0, 0.1) is 0 Å². The van der Waals surface area contributed by atoms with Crippen molar-refractivity contribution in [2.24, 2.45) is 0 Å². The van der Waals surface area contributed by atoms with Gasteiger partial charge in [0, 0.05) is 12.5 Å². The predicted octanol–water partition coefficient (Wildman–Crippen LogP) is 5.82. The minimum atomic E-state index is 0.285. The van der Waals surface area contributed by atoms with E-state index in [1.54, 1.807) is 7.11 Å². The molecule has 0 unspecified atom stereocenters. The molecular formula is C30H24NO4+. The summed E-state index contributed by atoms with van der Waals surface area (Å²) >= 11 is 0. The maximum atomic E-state index is 6.42. The van der Waals surface area contributed by atoms with Crippen molar-refractivity contribution in [3.63, 3.8) is 0 Å². The van der Waals surface area contributed by atoms with Crippen molar-refractivity contribution in [2.45, 2.75) is 19.6 Å². The van der Waals surface area contributed by atoms with Crippen molar-refractivity contribution in [3.05, 3.63) is 90.1 Å². The van der Waals surface area contributed by atoms with E-state index in [-0.39, 0.29) is 6.79 Å². The number of benzene rings is 4. The molecule has 0 N–H and O–H groups in total. The Morgan fingerprint density at radius 2 is 1.69 bits per heavy atom. The molecule has 7 rings (SSSR count). The van der Waals surface area contributed by atoms with E-state index in [0.717, 1.165) is 52.3 Å². The fraction of sp³-hybridized carbons (Fsp3) is 0.167. The summed E-state index contributed by atoms with van der Waals surface area (Å²) in [4.78, 5) is 0. The third-order valence-electron chi connectivity index (χ3n) is 6.99. The van der Waals surface area contributed by atoms with Gasteiger partial charge in [-0.1, -0.05) is 36.4 Å². The van der Waals surface area contributed by atoms with Crippen LogP contribution in [-0.2, 0) is 19.6 Å². The molecule has 2 aliphatic rings. The van der Waals surface area contributed by atoms with Crippen LogP contribution in [-0.4, -0.2) is 13.9 Å². The van der Waals surface area contributed by atoms with Gasteiger partial charge in [0.2, 0.25) is 12.5 Å². The van der Waals surface area contributed by atoms with Crippen LogP contribution in [0.3, 0.4) is 0 Å². The third kappa shape index (κ3) is 3.35. The van der Waals surface area contributed by atoms with Crippen LogP contribution >= 0.6 is 0 Å². The van der Waals surface area contributed by atoms with E-state index >= 15 is 0 Å². The summed E-state index contributed by atoms with van der Waals surface area (Å²) in [6.07, 6.45) is 3.13. The number of fused-ring (bicyclic) bond motifs is 6. The molecule has 0 aliphatic carbocycles. The van der Waals surface area contributed by atoms with E-state index in [4.69, 9.17) is 18.9 Å². The summed E-state index contributed by atoms with van der Waals surface area (Å²) in [5, 5.41) is 4.58. The van der Waals surface area contributed by atoms with Gasteiger partial charge in [0.15, 0.2) is 35.7 Å². The van der Waals surface area contributed by atoms with Crippen molar-refractivity contribution in [1.82, 2.24) is 0 Å². The maximum absolute atomic E-state index is 6.42. The second-order valence-corrected chi connectivity index (χ2v) is 9.03. The van der Waals surface area contributed by atoms with E-state index in [1.165, 1.54) is 27.6 Å². The lowest BCUT2D eigenvalue weighted by atomic mass is 9.95. The third-order valence-corrected chi connectivity index (χ3v) is 6.99. The van der Waals surface area contributed by atoms with E-state index < -0.39 is 0 Å². The zero-order chi connectivity index (χ0) is 23.4. The first-order chi connectivity index (χ1) is 17.3. The fourth-order valence-corrected chi connectivity index (χ4v) is 5.19. The minimum absolute atomic E-state index is 0.285. The number of nitrogens with zero attached hydrogens (tertiary/aromatic N) is 1. The van der Waals surface area contributed by atoms with Gasteiger partial charge < -0.3 is 18.9 Å². The Morgan fingerprint density at radius 3 is 2.57 bits per heavy atom. The number of hydrogen-bond acceptors (Lipinski definition) is 4.